The number of carbonyl (C=O) groups is 1. The van der Waals surface area contributed by atoms with Gasteiger partial charge in [0.1, 0.15) is 0 Å². The quantitative estimate of drug-likeness (QED) is 0.649. The Labute approximate surface area is 61.8 Å². The van der Waals surface area contributed by atoms with Gasteiger partial charge >= 0.3 is 6.09 Å². The van der Waals surface area contributed by atoms with Gasteiger partial charge in [-0.25, -0.2) is 4.79 Å². The second-order valence-electron chi connectivity index (χ2n) is 2.12. The summed E-state index contributed by atoms with van der Waals surface area (Å²) in [5, 5.41) is 2.56. The van der Waals surface area contributed by atoms with Gasteiger partial charge in [0.05, 0.1) is 7.11 Å². The summed E-state index contributed by atoms with van der Waals surface area (Å²) in [6, 6.07) is -0.0301. The van der Waals surface area contributed by atoms with Crippen molar-refractivity contribution in [2.45, 2.75) is 25.8 Å². The van der Waals surface area contributed by atoms with Crippen molar-refractivity contribution in [2.24, 2.45) is 0 Å². The number of alkyl carbamates (subject to hydrolysis) is 1. The Morgan fingerprint density at radius 1 is 1.80 bits per heavy atom. The molecule has 0 aromatic carbocycles. The maximum atomic E-state index is 10.5. The molecule has 10 heavy (non-hydrogen) atoms. The van der Waals surface area contributed by atoms with E-state index in [0.29, 0.717) is 0 Å². The number of hydrogen-bond donors (Lipinski definition) is 1. The summed E-state index contributed by atoms with van der Waals surface area (Å²) in [6.45, 7) is 5.74. The molecular formula is C7H14NO2. The smallest absolute Gasteiger partial charge is 0.407 e. The molecule has 0 aromatic heterocycles. The van der Waals surface area contributed by atoms with E-state index >= 15 is 0 Å². The van der Waals surface area contributed by atoms with Crippen LogP contribution in [-0.4, -0.2) is 19.2 Å². The van der Waals surface area contributed by atoms with Crippen molar-refractivity contribution in [1.29, 1.82) is 0 Å². The van der Waals surface area contributed by atoms with Crippen molar-refractivity contribution in [3.8, 4) is 0 Å². The molecule has 0 saturated heterocycles. The van der Waals surface area contributed by atoms with Crippen LogP contribution in [0.15, 0.2) is 0 Å². The molecule has 3 nitrogen and oxygen atoms in total. The first-order chi connectivity index (χ1) is 4.70. The Kier molecular flexibility index (Phi) is 4.72. The van der Waals surface area contributed by atoms with Crippen LogP contribution in [0.5, 0.6) is 0 Å². The summed E-state index contributed by atoms with van der Waals surface area (Å²) < 4.78 is 4.38. The van der Waals surface area contributed by atoms with Gasteiger partial charge in [-0.3, -0.25) is 0 Å². The maximum absolute atomic E-state index is 10.5. The van der Waals surface area contributed by atoms with E-state index in [1.807, 2.05) is 6.92 Å². The lowest BCUT2D eigenvalue weighted by molar-refractivity contribution is 0.168. The Bertz CT molecular complexity index is 104. The molecule has 1 amide bonds. The van der Waals surface area contributed by atoms with Gasteiger partial charge in [-0.1, -0.05) is 13.3 Å². The van der Waals surface area contributed by atoms with Gasteiger partial charge in [-0.05, 0) is 13.3 Å². The Morgan fingerprint density at radius 2 is 2.40 bits per heavy atom. The van der Waals surface area contributed by atoms with Crippen LogP contribution >= 0.6 is 0 Å². The molecule has 0 rings (SSSR count). The minimum Gasteiger partial charge on any atom is -0.453 e. The van der Waals surface area contributed by atoms with E-state index in [0.717, 1.165) is 12.8 Å². The summed E-state index contributed by atoms with van der Waals surface area (Å²) in [5.74, 6) is 0. The molecule has 3 heteroatoms. The summed E-state index contributed by atoms with van der Waals surface area (Å²) in [4.78, 5) is 10.5. The van der Waals surface area contributed by atoms with E-state index in [1.54, 1.807) is 0 Å². The van der Waals surface area contributed by atoms with Gasteiger partial charge in [0.15, 0.2) is 0 Å². The molecule has 0 aliphatic heterocycles. The number of ether oxygens (including phenoxy) is 1. The van der Waals surface area contributed by atoms with E-state index < -0.39 is 6.09 Å². The molecule has 0 aliphatic carbocycles. The Balaban J connectivity index is 3.37. The highest BCUT2D eigenvalue weighted by molar-refractivity contribution is 5.67. The first-order valence-corrected chi connectivity index (χ1v) is 3.38. The van der Waals surface area contributed by atoms with Crippen molar-refractivity contribution in [1.82, 2.24) is 5.32 Å². The molecule has 0 saturated carbocycles. The average molecular weight is 144 g/mol. The van der Waals surface area contributed by atoms with Crippen molar-refractivity contribution in [3.05, 3.63) is 6.92 Å². The first kappa shape index (κ1) is 9.27. The summed E-state index contributed by atoms with van der Waals surface area (Å²) in [5.41, 5.74) is 0. The number of rotatable bonds is 3. The maximum Gasteiger partial charge on any atom is 0.407 e. The summed E-state index contributed by atoms with van der Waals surface area (Å²) >= 11 is 0. The Hall–Kier alpha value is -0.730. The molecule has 0 spiro atoms. The average Bonchev–Trinajstić information content (AvgIpc) is 1.88. The number of carbonyl (C=O) groups excluding carboxylic acids is 1. The fourth-order valence-electron chi connectivity index (χ4n) is 0.646. The standard InChI is InChI=1S/C7H14NO2/c1-4-5-6(2)8-7(9)10-3/h6H,2,4-5H2,1,3H3,(H,8,9). The highest BCUT2D eigenvalue weighted by Crippen LogP contribution is 1.93. The van der Waals surface area contributed by atoms with Crippen LogP contribution in [0.2, 0.25) is 0 Å². The molecule has 0 bridgehead atoms. The lowest BCUT2D eigenvalue weighted by Gasteiger charge is -2.10. The third-order valence-corrected chi connectivity index (χ3v) is 1.14. The van der Waals surface area contributed by atoms with E-state index in [-0.39, 0.29) is 6.04 Å². The number of methoxy groups -OCH3 is 1. The van der Waals surface area contributed by atoms with E-state index in [4.69, 9.17) is 0 Å². The zero-order valence-corrected chi connectivity index (χ0v) is 6.52. The van der Waals surface area contributed by atoms with E-state index in [2.05, 4.69) is 17.0 Å². The van der Waals surface area contributed by atoms with Crippen molar-refractivity contribution >= 4 is 6.09 Å². The fourth-order valence-corrected chi connectivity index (χ4v) is 0.646. The molecule has 1 radical (unpaired) electrons. The predicted molar refractivity (Wildman–Crippen MR) is 39.6 cm³/mol. The fraction of sp³-hybridized carbons (Fsp3) is 0.714. The second-order valence-corrected chi connectivity index (χ2v) is 2.12. The SMILES string of the molecule is [CH2]C(CCC)NC(=O)OC. The van der Waals surface area contributed by atoms with Gasteiger partial charge in [-0.15, -0.1) is 0 Å². The largest absolute Gasteiger partial charge is 0.453 e. The highest BCUT2D eigenvalue weighted by atomic mass is 16.5. The molecular weight excluding hydrogens is 130 g/mol. The highest BCUT2D eigenvalue weighted by Gasteiger charge is 2.03. The number of amides is 1. The molecule has 1 atom stereocenters. The van der Waals surface area contributed by atoms with Crippen molar-refractivity contribution < 1.29 is 9.53 Å². The molecule has 0 aliphatic rings. The van der Waals surface area contributed by atoms with Crippen LogP contribution in [0.4, 0.5) is 4.79 Å². The molecule has 0 heterocycles. The summed E-state index contributed by atoms with van der Waals surface area (Å²) in [6.07, 6.45) is 1.49. The third kappa shape index (κ3) is 4.18. The van der Waals surface area contributed by atoms with Gasteiger partial charge in [0, 0.05) is 6.04 Å². The third-order valence-electron chi connectivity index (χ3n) is 1.14. The summed E-state index contributed by atoms with van der Waals surface area (Å²) in [7, 11) is 1.34. The van der Waals surface area contributed by atoms with Gasteiger partial charge in [0.2, 0.25) is 0 Å². The number of nitrogens with one attached hydrogen (secondary N) is 1. The molecule has 1 unspecified atom stereocenters. The second kappa shape index (κ2) is 5.09. The van der Waals surface area contributed by atoms with Crippen LogP contribution in [-0.2, 0) is 4.74 Å². The Morgan fingerprint density at radius 3 is 2.80 bits per heavy atom. The van der Waals surface area contributed by atoms with Crippen LogP contribution in [0.1, 0.15) is 19.8 Å². The van der Waals surface area contributed by atoms with Crippen LogP contribution in [0, 0.1) is 6.92 Å². The molecule has 1 N–H and O–H groups in total. The van der Waals surface area contributed by atoms with E-state index in [1.165, 1.54) is 7.11 Å². The van der Waals surface area contributed by atoms with Crippen LogP contribution < -0.4 is 5.32 Å². The van der Waals surface area contributed by atoms with Gasteiger partial charge in [-0.2, -0.15) is 0 Å². The number of hydrogen-bond acceptors (Lipinski definition) is 2. The lowest BCUT2D eigenvalue weighted by Crippen LogP contribution is -2.32. The van der Waals surface area contributed by atoms with Crippen molar-refractivity contribution in [3.63, 3.8) is 0 Å². The van der Waals surface area contributed by atoms with Crippen LogP contribution in [0.3, 0.4) is 0 Å². The van der Waals surface area contributed by atoms with Gasteiger partial charge in [0.25, 0.3) is 0 Å². The zero-order chi connectivity index (χ0) is 7.98. The molecule has 0 fully saturated rings. The van der Waals surface area contributed by atoms with Crippen LogP contribution in [0.25, 0.3) is 0 Å². The molecule has 0 aromatic rings. The zero-order valence-electron chi connectivity index (χ0n) is 6.52. The monoisotopic (exact) mass is 144 g/mol. The first-order valence-electron chi connectivity index (χ1n) is 3.38. The minimum absolute atomic E-state index is 0.0301. The van der Waals surface area contributed by atoms with E-state index in [9.17, 15) is 4.79 Å². The topological polar surface area (TPSA) is 38.3 Å². The minimum atomic E-state index is -0.409. The normalized spacial score (nSPS) is 12.3. The van der Waals surface area contributed by atoms with Gasteiger partial charge < -0.3 is 10.1 Å². The lowest BCUT2D eigenvalue weighted by atomic mass is 10.2. The predicted octanol–water partition coefficient (Wildman–Crippen LogP) is 1.35. The molecule has 59 valence electrons. The van der Waals surface area contributed by atoms with Crippen molar-refractivity contribution in [2.75, 3.05) is 7.11 Å².